The number of carbonyl (C=O) groups excluding carboxylic acids is 3. The highest BCUT2D eigenvalue weighted by atomic mass is 32.2. The molecule has 1 saturated heterocycles. The number of carboxylic acid groups (broad SMARTS) is 1. The molecule has 39 heavy (non-hydrogen) atoms. The molecule has 4 heterocycles. The van der Waals surface area contributed by atoms with Gasteiger partial charge in [-0.05, 0) is 17.7 Å². The Morgan fingerprint density at radius 1 is 1.38 bits per heavy atom. The third-order valence-electron chi connectivity index (χ3n) is 4.80. The van der Waals surface area contributed by atoms with Crippen molar-refractivity contribution in [2.75, 3.05) is 24.3 Å². The molecule has 0 aromatic carbocycles. The topological polar surface area (TPSA) is 255 Å². The first kappa shape index (κ1) is 30.4. The number of nitrogens with one attached hydrogen (secondary N) is 1. The maximum absolute atomic E-state index is 12.8. The second-order valence-electron chi connectivity index (χ2n) is 7.38. The number of fused-ring (bicyclic) bond motifs is 1. The van der Waals surface area contributed by atoms with Crippen molar-refractivity contribution in [2.45, 2.75) is 11.4 Å². The number of furan rings is 1. The molecule has 0 saturated carbocycles. The number of nitrogens with two attached hydrogens (primary N) is 1. The molecule has 0 unspecified atom stereocenters. The number of aromatic nitrogens is 1. The normalized spacial score (nSPS) is 18.9. The lowest BCUT2D eigenvalue weighted by atomic mass is 10.0. The molecular formula is C19H20N5O11PS3. The van der Waals surface area contributed by atoms with Crippen LogP contribution in [-0.2, 0) is 23.8 Å². The van der Waals surface area contributed by atoms with Crippen LogP contribution in [0.25, 0.3) is 0 Å². The molecule has 20 heteroatoms. The number of oxime groups is 1. The number of phosphoric acid groups is 1. The smallest absolute Gasteiger partial charge is 0.466 e. The number of aliphatic carboxylic acids is 1. The van der Waals surface area contributed by atoms with Gasteiger partial charge in [-0.2, -0.15) is 0 Å². The predicted octanol–water partition coefficient (Wildman–Crippen LogP) is 0.0524. The van der Waals surface area contributed by atoms with E-state index in [1.807, 2.05) is 0 Å². The zero-order chi connectivity index (χ0) is 28.9. The van der Waals surface area contributed by atoms with Crippen molar-refractivity contribution in [3.05, 3.63) is 46.5 Å². The Labute approximate surface area is 231 Å². The Balaban J connectivity index is 0.000000771. The molecule has 0 aliphatic carbocycles. The van der Waals surface area contributed by atoms with E-state index in [9.17, 15) is 24.3 Å². The number of rotatable bonds is 8. The van der Waals surface area contributed by atoms with Gasteiger partial charge < -0.3 is 40.1 Å². The average molecular weight is 622 g/mol. The first-order chi connectivity index (χ1) is 18.3. The average Bonchev–Trinajstić information content (AvgIpc) is 3.54. The molecule has 7 N–H and O–H groups in total. The number of hydrogen-bond acceptors (Lipinski definition) is 13. The molecule has 2 aromatic rings. The Hall–Kier alpha value is -3.19. The van der Waals surface area contributed by atoms with E-state index in [-0.39, 0.29) is 44.6 Å². The second kappa shape index (κ2) is 12.8. The molecule has 0 spiro atoms. The molecule has 0 bridgehead atoms. The number of nitrogens with zero attached hydrogens (tertiary/aromatic N) is 3. The summed E-state index contributed by atoms with van der Waals surface area (Å²) in [6, 6.07) is 2.13. The molecule has 2 aromatic heterocycles. The summed E-state index contributed by atoms with van der Waals surface area (Å²) >= 11 is 3.29. The third-order valence-corrected chi connectivity index (χ3v) is 7.77. The van der Waals surface area contributed by atoms with Crippen LogP contribution >= 0.6 is 42.7 Å². The number of thioether (sulfide) groups is 2. The van der Waals surface area contributed by atoms with Gasteiger partial charge in [-0.1, -0.05) is 16.9 Å². The molecule has 2 atom stereocenters. The molecular weight excluding hydrogens is 601 g/mol. The summed E-state index contributed by atoms with van der Waals surface area (Å²) in [6.45, 7) is 0. The fourth-order valence-electron chi connectivity index (χ4n) is 3.31. The molecule has 2 amide bonds. The summed E-state index contributed by atoms with van der Waals surface area (Å²) < 4.78 is 13.9. The highest BCUT2D eigenvalue weighted by molar-refractivity contribution is 8.14. The van der Waals surface area contributed by atoms with Crippen LogP contribution in [0.4, 0.5) is 5.13 Å². The van der Waals surface area contributed by atoms with Crippen LogP contribution in [0, 0.1) is 0 Å². The van der Waals surface area contributed by atoms with E-state index in [0.717, 1.165) is 28.0 Å². The van der Waals surface area contributed by atoms with Crippen molar-refractivity contribution in [3.63, 3.8) is 0 Å². The van der Waals surface area contributed by atoms with E-state index in [1.165, 1.54) is 36.6 Å². The quantitative estimate of drug-likeness (QED) is 0.0985. The number of β-lactam (4-membered cyclic amide) rings is 1. The van der Waals surface area contributed by atoms with E-state index in [0.29, 0.717) is 5.57 Å². The van der Waals surface area contributed by atoms with Gasteiger partial charge in [0.25, 0.3) is 16.9 Å². The standard InChI is InChI=1S/C19H17N5O7S3.H3O4P/c1-30-23-11(9-7-34-19(20)21-9)14(25)22-12-15(26)24-13(17(27)28)8(5-32-16(12)24)6-33-18(29)10-3-2-4-31-10;1-5(2,3)4/h2-4,7,12,16H,5-6H2,1H3,(H2,20,21)(H,22,25)(H,27,28);(H3,1,2,3,4)/b23-11-;/t12-,16-;/m1./s1. The molecule has 2 aliphatic heterocycles. The van der Waals surface area contributed by atoms with Crippen LogP contribution in [0.3, 0.4) is 0 Å². The monoisotopic (exact) mass is 621 g/mol. The van der Waals surface area contributed by atoms with E-state index >= 15 is 0 Å². The van der Waals surface area contributed by atoms with Crippen LogP contribution in [0.2, 0.25) is 0 Å². The summed E-state index contributed by atoms with van der Waals surface area (Å²) in [4.78, 5) is 81.2. The van der Waals surface area contributed by atoms with Crippen LogP contribution < -0.4 is 11.1 Å². The first-order valence-electron chi connectivity index (χ1n) is 10.3. The predicted molar refractivity (Wildman–Crippen MR) is 140 cm³/mol. The van der Waals surface area contributed by atoms with Crippen LogP contribution in [0.15, 0.2) is 44.6 Å². The van der Waals surface area contributed by atoms with Crippen molar-refractivity contribution in [3.8, 4) is 0 Å². The number of carbonyl (C=O) groups is 4. The van der Waals surface area contributed by atoms with Gasteiger partial charge in [0.1, 0.15) is 29.9 Å². The zero-order valence-corrected chi connectivity index (χ0v) is 23.0. The SMILES string of the molecule is CO/N=C(\C(=O)N[C@@H]1C(=O)N2C(C(=O)O)=C(CSC(=O)c3ccco3)CS[C@H]12)c1csc(N)n1.O=P(O)(O)O. The summed E-state index contributed by atoms with van der Waals surface area (Å²) in [5.74, 6) is -2.08. The van der Waals surface area contributed by atoms with Crippen LogP contribution in [0.1, 0.15) is 16.2 Å². The molecule has 0 radical (unpaired) electrons. The third kappa shape index (κ3) is 7.69. The minimum absolute atomic E-state index is 0.0809. The highest BCUT2D eigenvalue weighted by Crippen LogP contribution is 2.41. The van der Waals surface area contributed by atoms with E-state index < -0.39 is 37.0 Å². The second-order valence-corrected chi connectivity index (χ2v) is 11.3. The Kier molecular flexibility index (Phi) is 9.94. The molecule has 4 rings (SSSR count). The Morgan fingerprint density at radius 2 is 2.08 bits per heavy atom. The van der Waals surface area contributed by atoms with Gasteiger partial charge in [-0.25, -0.2) is 14.3 Å². The minimum Gasteiger partial charge on any atom is -0.477 e. The van der Waals surface area contributed by atoms with Gasteiger partial charge in [0.05, 0.1) is 6.26 Å². The minimum atomic E-state index is -4.64. The maximum atomic E-state index is 12.8. The number of amides is 2. The fourth-order valence-corrected chi connectivity index (χ4v) is 6.14. The van der Waals surface area contributed by atoms with Gasteiger partial charge in [0, 0.05) is 16.9 Å². The number of nitrogen functional groups attached to an aromatic ring is 1. The van der Waals surface area contributed by atoms with Crippen molar-refractivity contribution >= 4 is 76.4 Å². The van der Waals surface area contributed by atoms with Crippen LogP contribution in [-0.4, -0.2) is 88.3 Å². The van der Waals surface area contributed by atoms with Crippen molar-refractivity contribution in [2.24, 2.45) is 5.16 Å². The van der Waals surface area contributed by atoms with Gasteiger partial charge in [0.2, 0.25) is 0 Å². The van der Waals surface area contributed by atoms with Crippen molar-refractivity contribution in [1.29, 1.82) is 0 Å². The molecule has 2 aliphatic rings. The summed E-state index contributed by atoms with van der Waals surface area (Å²) in [5, 5.41) is 16.8. The number of anilines is 1. The first-order valence-corrected chi connectivity index (χ1v) is 14.8. The van der Waals surface area contributed by atoms with Gasteiger partial charge >= 0.3 is 13.8 Å². The molecule has 16 nitrogen and oxygen atoms in total. The van der Waals surface area contributed by atoms with E-state index in [1.54, 1.807) is 6.07 Å². The summed E-state index contributed by atoms with van der Waals surface area (Å²) in [6.07, 6.45) is 1.37. The zero-order valence-electron chi connectivity index (χ0n) is 19.6. The van der Waals surface area contributed by atoms with E-state index in [2.05, 4.69) is 15.5 Å². The van der Waals surface area contributed by atoms with Crippen molar-refractivity contribution in [1.82, 2.24) is 15.2 Å². The summed E-state index contributed by atoms with van der Waals surface area (Å²) in [7, 11) is -3.38. The molecule has 1 fully saturated rings. The Morgan fingerprint density at radius 3 is 2.62 bits per heavy atom. The number of thiazole rings is 1. The number of hydrogen-bond donors (Lipinski definition) is 6. The lowest BCUT2D eigenvalue weighted by molar-refractivity contribution is -0.150. The van der Waals surface area contributed by atoms with Gasteiger partial charge in [0.15, 0.2) is 16.6 Å². The maximum Gasteiger partial charge on any atom is 0.466 e. The van der Waals surface area contributed by atoms with Crippen LogP contribution in [0.5, 0.6) is 0 Å². The number of carboxylic acids is 1. The van der Waals surface area contributed by atoms with E-state index in [4.69, 9.17) is 34.2 Å². The van der Waals surface area contributed by atoms with Crippen molar-refractivity contribution < 1.29 is 52.8 Å². The summed E-state index contributed by atoms with van der Waals surface area (Å²) in [5.41, 5.74) is 5.89. The largest absolute Gasteiger partial charge is 0.477 e. The van der Waals surface area contributed by atoms with Gasteiger partial charge in [-0.15, -0.1) is 23.1 Å². The van der Waals surface area contributed by atoms with Gasteiger partial charge in [-0.3, -0.25) is 19.3 Å². The lowest BCUT2D eigenvalue weighted by Crippen LogP contribution is -2.71. The Bertz CT molecular complexity index is 1360. The molecule has 210 valence electrons. The highest BCUT2D eigenvalue weighted by Gasteiger charge is 2.54. The fraction of sp³-hybridized carbons (Fsp3) is 0.263. The lowest BCUT2D eigenvalue weighted by Gasteiger charge is -2.49.